The first kappa shape index (κ1) is 19.3. The van der Waals surface area contributed by atoms with Crippen LogP contribution in [-0.4, -0.2) is 27.2 Å². The van der Waals surface area contributed by atoms with Crippen LogP contribution in [0.15, 0.2) is 35.3 Å². The van der Waals surface area contributed by atoms with Crippen LogP contribution in [0.3, 0.4) is 0 Å². The molecule has 1 N–H and O–H groups in total. The highest BCUT2D eigenvalue weighted by Crippen LogP contribution is 2.22. The number of halogens is 2. The molecule has 0 radical (unpaired) electrons. The molecule has 0 fully saturated rings. The van der Waals surface area contributed by atoms with Crippen LogP contribution < -0.4 is 5.56 Å². The number of aromatic nitrogens is 1. The van der Waals surface area contributed by atoms with Crippen LogP contribution in [0.25, 0.3) is 11.1 Å². The van der Waals surface area contributed by atoms with Crippen molar-refractivity contribution < 1.29 is 28.2 Å². The number of rotatable bonds is 4. The molecule has 0 aliphatic heterocycles. The van der Waals surface area contributed by atoms with Crippen molar-refractivity contribution in [3.05, 3.63) is 58.0 Å². The Balaban J connectivity index is 2.52. The van der Waals surface area contributed by atoms with Crippen molar-refractivity contribution in [2.24, 2.45) is 0 Å². The molecule has 0 bridgehead atoms. The number of hydrogen-bond donors (Lipinski definition) is 1. The molecule has 0 spiro atoms. The van der Waals surface area contributed by atoms with E-state index >= 15 is 0 Å². The summed E-state index contributed by atoms with van der Waals surface area (Å²) in [7, 11) is 0. The normalized spacial score (nSPS) is 11.3. The molecule has 8 heteroatoms. The number of carboxylic acid groups (broad SMARTS) is 1. The molecule has 26 heavy (non-hydrogen) atoms. The monoisotopic (exact) mass is 365 g/mol. The van der Waals surface area contributed by atoms with E-state index in [2.05, 4.69) is 0 Å². The number of benzene rings is 1. The Bertz CT molecular complexity index is 928. The molecule has 1 aromatic heterocycles. The summed E-state index contributed by atoms with van der Waals surface area (Å²) in [6.07, 6.45) is 1.20. The zero-order valence-electron chi connectivity index (χ0n) is 14.4. The quantitative estimate of drug-likeness (QED) is 0.842. The minimum absolute atomic E-state index is 0.143. The summed E-state index contributed by atoms with van der Waals surface area (Å²) in [6, 6.07) is 4.04. The van der Waals surface area contributed by atoms with Crippen molar-refractivity contribution in [1.29, 1.82) is 0 Å². The molecule has 0 saturated carbocycles. The molecule has 0 unspecified atom stereocenters. The maximum absolute atomic E-state index is 13.5. The fourth-order valence-corrected chi connectivity index (χ4v) is 2.25. The van der Waals surface area contributed by atoms with E-state index in [1.54, 1.807) is 20.8 Å². The first-order valence-electron chi connectivity index (χ1n) is 7.63. The molecule has 0 atom stereocenters. The number of esters is 1. The van der Waals surface area contributed by atoms with Crippen LogP contribution in [0, 0.1) is 11.6 Å². The van der Waals surface area contributed by atoms with E-state index in [-0.39, 0.29) is 11.1 Å². The number of hydrogen-bond acceptors (Lipinski definition) is 4. The number of aromatic carboxylic acids is 1. The molecule has 2 rings (SSSR count). The van der Waals surface area contributed by atoms with Gasteiger partial charge in [0.2, 0.25) is 0 Å². The second kappa shape index (κ2) is 7.07. The number of carbonyl (C=O) groups is 2. The Labute approximate surface area is 147 Å². The van der Waals surface area contributed by atoms with Crippen molar-refractivity contribution >= 4 is 11.9 Å². The molecule has 138 valence electrons. The van der Waals surface area contributed by atoms with Crippen LogP contribution in [-0.2, 0) is 16.1 Å². The molecule has 0 amide bonds. The summed E-state index contributed by atoms with van der Waals surface area (Å²) < 4.78 is 32.6. The van der Waals surface area contributed by atoms with Gasteiger partial charge in [0.15, 0.2) is 11.6 Å². The Morgan fingerprint density at radius 3 is 2.31 bits per heavy atom. The van der Waals surface area contributed by atoms with Gasteiger partial charge in [-0.05, 0) is 50.1 Å². The SMILES string of the molecule is CC(C)(C)OC(=O)Cn1cc(-c2ccc(F)c(F)c2)cc(C(=O)O)c1=O. The smallest absolute Gasteiger partial charge is 0.341 e. The second-order valence-electron chi connectivity index (χ2n) is 6.60. The average molecular weight is 365 g/mol. The number of nitrogens with zero attached hydrogens (tertiary/aromatic N) is 1. The van der Waals surface area contributed by atoms with Gasteiger partial charge < -0.3 is 14.4 Å². The van der Waals surface area contributed by atoms with Crippen molar-refractivity contribution in [3.8, 4) is 11.1 Å². The molecule has 0 aliphatic rings. The Kier molecular flexibility index (Phi) is 5.25. The van der Waals surface area contributed by atoms with E-state index in [1.807, 2.05) is 0 Å². The summed E-state index contributed by atoms with van der Waals surface area (Å²) in [5.74, 6) is -4.42. The predicted octanol–water partition coefficient (Wildman–Crippen LogP) is 2.83. The fourth-order valence-electron chi connectivity index (χ4n) is 2.25. The third kappa shape index (κ3) is 4.53. The van der Waals surface area contributed by atoms with Gasteiger partial charge in [-0.25, -0.2) is 13.6 Å². The molecule has 2 aromatic rings. The molecule has 1 heterocycles. The van der Waals surface area contributed by atoms with E-state index in [4.69, 9.17) is 4.74 Å². The van der Waals surface area contributed by atoms with Gasteiger partial charge in [0, 0.05) is 6.20 Å². The highest BCUT2D eigenvalue weighted by atomic mass is 19.2. The number of carboxylic acids is 1. The van der Waals surface area contributed by atoms with Gasteiger partial charge in [-0.15, -0.1) is 0 Å². The summed E-state index contributed by atoms with van der Waals surface area (Å²) in [5.41, 5.74) is -1.99. The van der Waals surface area contributed by atoms with Crippen LogP contribution in [0.4, 0.5) is 8.78 Å². The van der Waals surface area contributed by atoms with Crippen molar-refractivity contribution in [2.75, 3.05) is 0 Å². The zero-order chi connectivity index (χ0) is 19.6. The summed E-state index contributed by atoms with van der Waals surface area (Å²) in [6.45, 7) is 4.42. The first-order valence-corrected chi connectivity index (χ1v) is 7.63. The lowest BCUT2D eigenvalue weighted by Crippen LogP contribution is -2.32. The van der Waals surface area contributed by atoms with E-state index in [9.17, 15) is 28.3 Å². The van der Waals surface area contributed by atoms with Crippen LogP contribution >= 0.6 is 0 Å². The van der Waals surface area contributed by atoms with E-state index in [0.29, 0.717) is 0 Å². The third-order valence-electron chi connectivity index (χ3n) is 3.29. The maximum Gasteiger partial charge on any atom is 0.341 e. The van der Waals surface area contributed by atoms with Gasteiger partial charge in [0.05, 0.1) is 0 Å². The van der Waals surface area contributed by atoms with E-state index < -0.39 is 46.8 Å². The number of ether oxygens (including phenoxy) is 1. The van der Waals surface area contributed by atoms with E-state index in [1.165, 1.54) is 12.3 Å². The summed E-state index contributed by atoms with van der Waals surface area (Å²) in [4.78, 5) is 35.6. The molecular formula is C18H17F2NO5. The highest BCUT2D eigenvalue weighted by Gasteiger charge is 2.20. The van der Waals surface area contributed by atoms with E-state index in [0.717, 1.165) is 22.8 Å². The van der Waals surface area contributed by atoms with Gasteiger partial charge in [0.1, 0.15) is 17.7 Å². The van der Waals surface area contributed by atoms with Gasteiger partial charge in [0.25, 0.3) is 5.56 Å². The molecule has 0 aliphatic carbocycles. The highest BCUT2D eigenvalue weighted by molar-refractivity contribution is 5.89. The molecular weight excluding hydrogens is 348 g/mol. The first-order chi connectivity index (χ1) is 12.0. The maximum atomic E-state index is 13.5. The molecule has 0 saturated heterocycles. The zero-order valence-corrected chi connectivity index (χ0v) is 14.4. The van der Waals surface area contributed by atoms with Crippen LogP contribution in [0.1, 0.15) is 31.1 Å². The lowest BCUT2D eigenvalue weighted by atomic mass is 10.1. The van der Waals surface area contributed by atoms with Gasteiger partial charge in [-0.2, -0.15) is 0 Å². The van der Waals surface area contributed by atoms with Crippen LogP contribution in [0.2, 0.25) is 0 Å². The lowest BCUT2D eigenvalue weighted by molar-refractivity contribution is -0.155. The number of pyridine rings is 1. The largest absolute Gasteiger partial charge is 0.477 e. The fraction of sp³-hybridized carbons (Fsp3) is 0.278. The second-order valence-corrected chi connectivity index (χ2v) is 6.60. The summed E-state index contributed by atoms with van der Waals surface area (Å²) in [5, 5.41) is 9.22. The Morgan fingerprint density at radius 2 is 1.77 bits per heavy atom. The Hall–Kier alpha value is -3.03. The van der Waals surface area contributed by atoms with Gasteiger partial charge in [-0.3, -0.25) is 9.59 Å². The van der Waals surface area contributed by atoms with Crippen molar-refractivity contribution in [1.82, 2.24) is 4.57 Å². The predicted molar refractivity (Wildman–Crippen MR) is 88.9 cm³/mol. The topological polar surface area (TPSA) is 85.6 Å². The van der Waals surface area contributed by atoms with Gasteiger partial charge >= 0.3 is 11.9 Å². The van der Waals surface area contributed by atoms with Crippen molar-refractivity contribution in [2.45, 2.75) is 32.9 Å². The number of carbonyl (C=O) groups excluding carboxylic acids is 1. The molecule has 1 aromatic carbocycles. The standard InChI is InChI=1S/C18H17F2NO5/c1-18(2,3)26-15(22)9-21-8-11(6-12(16(21)23)17(24)25)10-4-5-13(19)14(20)7-10/h4-8H,9H2,1-3H3,(H,24,25). The molecule has 6 nitrogen and oxygen atoms in total. The van der Waals surface area contributed by atoms with Crippen LogP contribution in [0.5, 0.6) is 0 Å². The Morgan fingerprint density at radius 1 is 1.12 bits per heavy atom. The lowest BCUT2D eigenvalue weighted by Gasteiger charge is -2.20. The van der Waals surface area contributed by atoms with Gasteiger partial charge in [-0.1, -0.05) is 6.07 Å². The van der Waals surface area contributed by atoms with Crippen molar-refractivity contribution in [3.63, 3.8) is 0 Å². The average Bonchev–Trinajstić information content (AvgIpc) is 2.50. The third-order valence-corrected chi connectivity index (χ3v) is 3.29. The minimum atomic E-state index is -1.50. The minimum Gasteiger partial charge on any atom is -0.477 e. The summed E-state index contributed by atoms with van der Waals surface area (Å²) >= 11 is 0.